The molecule has 2 rings (SSSR count). The van der Waals surface area contributed by atoms with Gasteiger partial charge in [-0.05, 0) is 38.2 Å². The van der Waals surface area contributed by atoms with Crippen LogP contribution >= 0.6 is 0 Å². The highest BCUT2D eigenvalue weighted by Crippen LogP contribution is 2.06. The van der Waals surface area contributed by atoms with Crippen molar-refractivity contribution in [1.82, 2.24) is 10.6 Å². The lowest BCUT2D eigenvalue weighted by molar-refractivity contribution is -0.123. The second-order valence-corrected chi connectivity index (χ2v) is 3.99. The Morgan fingerprint density at radius 3 is 2.61 bits per heavy atom. The fourth-order valence-corrected chi connectivity index (χ4v) is 1.58. The molecule has 2 N–H and O–H groups in total. The van der Waals surface area contributed by atoms with Gasteiger partial charge in [0.05, 0.1) is 5.92 Å². The SMILES string of the molecule is C/C=C/NC(=O)C1CCNC1.Fc1ccccc1. The van der Waals surface area contributed by atoms with Crippen LogP contribution in [-0.2, 0) is 4.79 Å². The van der Waals surface area contributed by atoms with Crippen molar-refractivity contribution in [2.24, 2.45) is 5.92 Å². The number of nitrogens with one attached hydrogen (secondary N) is 2. The number of halogens is 1. The molecular weight excluding hydrogens is 231 g/mol. The van der Waals surface area contributed by atoms with Gasteiger partial charge in [-0.25, -0.2) is 4.39 Å². The van der Waals surface area contributed by atoms with Crippen LogP contribution in [0.5, 0.6) is 0 Å². The minimum atomic E-state index is -0.178. The van der Waals surface area contributed by atoms with Crippen LogP contribution in [0.25, 0.3) is 0 Å². The number of carbonyl (C=O) groups is 1. The molecule has 0 radical (unpaired) electrons. The van der Waals surface area contributed by atoms with Gasteiger partial charge in [-0.2, -0.15) is 0 Å². The second-order valence-electron chi connectivity index (χ2n) is 3.99. The van der Waals surface area contributed by atoms with E-state index in [1.807, 2.05) is 13.0 Å². The van der Waals surface area contributed by atoms with Gasteiger partial charge in [0.15, 0.2) is 0 Å². The summed E-state index contributed by atoms with van der Waals surface area (Å²) in [6.07, 6.45) is 4.46. The van der Waals surface area contributed by atoms with Crippen molar-refractivity contribution in [3.63, 3.8) is 0 Å². The summed E-state index contributed by atoms with van der Waals surface area (Å²) in [6, 6.07) is 7.94. The Hall–Kier alpha value is -1.68. The molecule has 98 valence electrons. The van der Waals surface area contributed by atoms with Crippen LogP contribution in [0.15, 0.2) is 42.6 Å². The number of allylic oxidation sites excluding steroid dienone is 1. The van der Waals surface area contributed by atoms with E-state index in [-0.39, 0.29) is 17.6 Å². The zero-order valence-electron chi connectivity index (χ0n) is 10.5. The molecule has 0 bridgehead atoms. The lowest BCUT2D eigenvalue weighted by atomic mass is 10.1. The van der Waals surface area contributed by atoms with Crippen LogP contribution in [-0.4, -0.2) is 19.0 Å². The van der Waals surface area contributed by atoms with E-state index in [0.29, 0.717) is 0 Å². The normalized spacial score (nSPS) is 18.2. The van der Waals surface area contributed by atoms with Crippen molar-refractivity contribution in [3.8, 4) is 0 Å². The lowest BCUT2D eigenvalue weighted by Gasteiger charge is -2.04. The highest BCUT2D eigenvalue weighted by atomic mass is 19.1. The highest BCUT2D eigenvalue weighted by Gasteiger charge is 2.20. The Bertz CT molecular complexity index is 373. The van der Waals surface area contributed by atoms with Crippen LogP contribution in [0.3, 0.4) is 0 Å². The number of benzene rings is 1. The van der Waals surface area contributed by atoms with Gasteiger partial charge < -0.3 is 10.6 Å². The first kappa shape index (κ1) is 14.4. The van der Waals surface area contributed by atoms with Gasteiger partial charge in [0.1, 0.15) is 5.82 Å². The summed E-state index contributed by atoms with van der Waals surface area (Å²) in [6.45, 7) is 3.67. The summed E-state index contributed by atoms with van der Waals surface area (Å²) in [5.41, 5.74) is 0. The standard InChI is InChI=1S/C8H14N2O.C6H5F/c1-2-4-10-8(11)7-3-5-9-6-7;7-6-4-2-1-3-5-6/h2,4,7,9H,3,5-6H2,1H3,(H,10,11);1-5H/b4-2+;. The molecule has 0 saturated carbocycles. The molecule has 1 saturated heterocycles. The van der Waals surface area contributed by atoms with Gasteiger partial charge in [-0.1, -0.05) is 24.3 Å². The van der Waals surface area contributed by atoms with Crippen molar-refractivity contribution in [1.29, 1.82) is 0 Å². The van der Waals surface area contributed by atoms with E-state index in [4.69, 9.17) is 0 Å². The van der Waals surface area contributed by atoms with Crippen molar-refractivity contribution >= 4 is 5.91 Å². The van der Waals surface area contributed by atoms with Gasteiger partial charge in [0, 0.05) is 6.54 Å². The first-order valence-electron chi connectivity index (χ1n) is 6.07. The Morgan fingerprint density at radius 2 is 2.17 bits per heavy atom. The van der Waals surface area contributed by atoms with Crippen molar-refractivity contribution in [2.75, 3.05) is 13.1 Å². The Labute approximate surface area is 107 Å². The molecule has 1 aromatic carbocycles. The number of hydrogen-bond donors (Lipinski definition) is 2. The van der Waals surface area contributed by atoms with E-state index >= 15 is 0 Å². The number of amides is 1. The Balaban J connectivity index is 0.000000199. The first-order valence-corrected chi connectivity index (χ1v) is 6.07. The van der Waals surface area contributed by atoms with E-state index in [2.05, 4.69) is 10.6 Å². The molecule has 0 spiro atoms. The molecule has 3 nitrogen and oxygen atoms in total. The van der Waals surface area contributed by atoms with Crippen LogP contribution in [0.4, 0.5) is 4.39 Å². The van der Waals surface area contributed by atoms with Gasteiger partial charge in [-0.15, -0.1) is 0 Å². The van der Waals surface area contributed by atoms with E-state index in [1.165, 1.54) is 12.1 Å². The van der Waals surface area contributed by atoms with Crippen molar-refractivity contribution < 1.29 is 9.18 Å². The van der Waals surface area contributed by atoms with Gasteiger partial charge in [0.2, 0.25) is 5.91 Å². The first-order chi connectivity index (χ1) is 8.74. The van der Waals surface area contributed by atoms with E-state index in [1.54, 1.807) is 24.4 Å². The molecule has 1 aliphatic heterocycles. The predicted molar refractivity (Wildman–Crippen MR) is 70.3 cm³/mol. The molecule has 18 heavy (non-hydrogen) atoms. The molecule has 1 aromatic rings. The number of carbonyl (C=O) groups excluding carboxylic acids is 1. The maximum atomic E-state index is 11.9. The average molecular weight is 250 g/mol. The summed E-state index contributed by atoms with van der Waals surface area (Å²) >= 11 is 0. The third-order valence-electron chi connectivity index (χ3n) is 2.56. The van der Waals surface area contributed by atoms with Crippen LogP contribution in [0.1, 0.15) is 13.3 Å². The summed E-state index contributed by atoms with van der Waals surface area (Å²) in [5, 5.41) is 5.86. The van der Waals surface area contributed by atoms with E-state index < -0.39 is 0 Å². The minimum Gasteiger partial charge on any atom is -0.333 e. The molecule has 1 amide bonds. The van der Waals surface area contributed by atoms with E-state index in [9.17, 15) is 9.18 Å². The topological polar surface area (TPSA) is 41.1 Å². The largest absolute Gasteiger partial charge is 0.333 e. The zero-order valence-corrected chi connectivity index (χ0v) is 10.5. The highest BCUT2D eigenvalue weighted by molar-refractivity contribution is 5.80. The maximum absolute atomic E-state index is 11.9. The van der Waals surface area contributed by atoms with Crippen LogP contribution in [0, 0.1) is 11.7 Å². The van der Waals surface area contributed by atoms with Gasteiger partial charge >= 0.3 is 0 Å². The smallest absolute Gasteiger partial charge is 0.228 e. The van der Waals surface area contributed by atoms with Crippen molar-refractivity contribution in [3.05, 3.63) is 48.4 Å². The summed E-state index contributed by atoms with van der Waals surface area (Å²) in [7, 11) is 0. The summed E-state index contributed by atoms with van der Waals surface area (Å²) in [5.74, 6) is 0.127. The van der Waals surface area contributed by atoms with Gasteiger partial charge in [0.25, 0.3) is 0 Å². The molecule has 1 heterocycles. The molecular formula is C14H19FN2O. The predicted octanol–water partition coefficient (Wildman–Crippen LogP) is 2.07. The second kappa shape index (κ2) is 8.42. The lowest BCUT2D eigenvalue weighted by Crippen LogP contribution is -2.27. The molecule has 1 aliphatic rings. The molecule has 0 aromatic heterocycles. The average Bonchev–Trinajstić information content (AvgIpc) is 2.91. The molecule has 1 unspecified atom stereocenters. The third kappa shape index (κ3) is 5.59. The van der Waals surface area contributed by atoms with Gasteiger partial charge in [-0.3, -0.25) is 4.79 Å². The van der Waals surface area contributed by atoms with Crippen molar-refractivity contribution in [2.45, 2.75) is 13.3 Å². The quantitative estimate of drug-likeness (QED) is 0.843. The van der Waals surface area contributed by atoms with E-state index in [0.717, 1.165) is 19.5 Å². The number of rotatable bonds is 2. The minimum absolute atomic E-state index is 0.133. The zero-order chi connectivity index (χ0) is 13.2. The molecule has 4 heteroatoms. The Kier molecular flexibility index (Phi) is 6.72. The Morgan fingerprint density at radius 1 is 1.44 bits per heavy atom. The monoisotopic (exact) mass is 250 g/mol. The third-order valence-corrected chi connectivity index (χ3v) is 2.56. The number of hydrogen-bond acceptors (Lipinski definition) is 2. The summed E-state index contributed by atoms with van der Waals surface area (Å²) < 4.78 is 11.9. The molecule has 1 atom stereocenters. The van der Waals surface area contributed by atoms with Crippen LogP contribution in [0.2, 0.25) is 0 Å². The molecule has 1 fully saturated rings. The molecule has 0 aliphatic carbocycles. The fraction of sp³-hybridized carbons (Fsp3) is 0.357. The van der Waals surface area contributed by atoms with Crippen LogP contribution < -0.4 is 10.6 Å². The summed E-state index contributed by atoms with van der Waals surface area (Å²) in [4.78, 5) is 11.2. The maximum Gasteiger partial charge on any atom is 0.228 e. The fourth-order valence-electron chi connectivity index (χ4n) is 1.58.